The number of nitrogens with one attached hydrogen (secondary N) is 1. The van der Waals surface area contributed by atoms with Crippen molar-refractivity contribution in [2.24, 2.45) is 5.92 Å². The third kappa shape index (κ3) is 4.81. The summed E-state index contributed by atoms with van der Waals surface area (Å²) in [5.41, 5.74) is 0.228. The molecule has 1 unspecified atom stereocenters. The summed E-state index contributed by atoms with van der Waals surface area (Å²) in [5, 5.41) is 7.30. The fourth-order valence-electron chi connectivity index (χ4n) is 1.55. The molecule has 1 rings (SSSR count). The van der Waals surface area contributed by atoms with E-state index in [9.17, 15) is 4.79 Å². The normalized spacial score (nSPS) is 12.4. The Morgan fingerprint density at radius 2 is 2.21 bits per heavy atom. The number of rotatable bonds is 8. The van der Waals surface area contributed by atoms with E-state index in [1.807, 2.05) is 6.92 Å². The third-order valence-corrected chi connectivity index (χ3v) is 2.95. The molecule has 0 aliphatic carbocycles. The minimum Gasteiger partial charge on any atom is -0.384 e. The molecule has 108 valence electrons. The van der Waals surface area contributed by atoms with Crippen LogP contribution in [0.25, 0.3) is 0 Å². The lowest BCUT2D eigenvalue weighted by Crippen LogP contribution is -2.26. The molecular formula is C12H20ClN3O3. The van der Waals surface area contributed by atoms with Gasteiger partial charge >= 0.3 is 0 Å². The number of methoxy groups -OCH3 is 2. The van der Waals surface area contributed by atoms with Crippen LogP contribution in [0.1, 0.15) is 6.92 Å². The molecule has 0 radical (unpaired) electrons. The summed E-state index contributed by atoms with van der Waals surface area (Å²) < 4.78 is 11.2. The molecule has 0 aliphatic heterocycles. The van der Waals surface area contributed by atoms with E-state index in [2.05, 4.69) is 10.4 Å². The molecule has 0 aromatic carbocycles. The maximum atomic E-state index is 11.9. The highest BCUT2D eigenvalue weighted by Crippen LogP contribution is 2.15. The summed E-state index contributed by atoms with van der Waals surface area (Å²) in [4.78, 5) is 11.9. The lowest BCUT2D eigenvalue weighted by atomic mass is 10.2. The van der Waals surface area contributed by atoms with E-state index in [-0.39, 0.29) is 10.6 Å². The Labute approximate surface area is 117 Å². The number of aromatic nitrogens is 2. The Hall–Kier alpha value is -1.11. The first-order chi connectivity index (χ1) is 9.10. The van der Waals surface area contributed by atoms with E-state index in [1.54, 1.807) is 20.4 Å². The predicted molar refractivity (Wildman–Crippen MR) is 74.9 cm³/mol. The topological polar surface area (TPSA) is 65.4 Å². The highest BCUT2D eigenvalue weighted by Gasteiger charge is 2.10. The number of halogens is 1. The van der Waals surface area contributed by atoms with Gasteiger partial charge in [0.2, 0.25) is 0 Å². The summed E-state index contributed by atoms with van der Waals surface area (Å²) in [6.45, 7) is 4.15. The molecule has 0 spiro atoms. The first kappa shape index (κ1) is 15.9. The highest BCUT2D eigenvalue weighted by molar-refractivity contribution is 6.32. The summed E-state index contributed by atoms with van der Waals surface area (Å²) in [5.74, 6) is 0.317. The average molecular weight is 290 g/mol. The highest BCUT2D eigenvalue weighted by atomic mass is 35.5. The Balaban J connectivity index is 2.71. The van der Waals surface area contributed by atoms with Crippen molar-refractivity contribution in [1.82, 2.24) is 9.78 Å². The predicted octanol–water partition coefficient (Wildman–Crippen LogP) is 1.24. The van der Waals surface area contributed by atoms with Crippen LogP contribution in [-0.4, -0.2) is 43.8 Å². The number of hydrogen-bond acceptors (Lipinski definition) is 5. The standard InChI is InChI=1S/C12H20ClN3O3/c1-9(8-19-3)6-14-10-7-15-16(4-5-18-2)12(17)11(10)13/h7,9,14H,4-6,8H2,1-3H3. The molecule has 0 fully saturated rings. The average Bonchev–Trinajstić information content (AvgIpc) is 2.40. The molecule has 1 aromatic heterocycles. The Bertz CT molecular complexity index is 450. The van der Waals surface area contributed by atoms with Gasteiger partial charge in [-0.25, -0.2) is 4.68 Å². The van der Waals surface area contributed by atoms with Crippen LogP contribution in [0.5, 0.6) is 0 Å². The Morgan fingerprint density at radius 3 is 2.84 bits per heavy atom. The van der Waals surface area contributed by atoms with Crippen LogP contribution in [0, 0.1) is 5.92 Å². The van der Waals surface area contributed by atoms with Crippen LogP contribution in [-0.2, 0) is 16.0 Å². The minimum atomic E-state index is -0.317. The van der Waals surface area contributed by atoms with Gasteiger partial charge in [-0.05, 0) is 5.92 Å². The fraction of sp³-hybridized carbons (Fsp3) is 0.667. The van der Waals surface area contributed by atoms with Gasteiger partial charge in [0, 0.05) is 20.8 Å². The number of anilines is 1. The van der Waals surface area contributed by atoms with Crippen molar-refractivity contribution in [3.8, 4) is 0 Å². The first-order valence-electron chi connectivity index (χ1n) is 6.07. The maximum absolute atomic E-state index is 11.9. The number of hydrogen-bond donors (Lipinski definition) is 1. The molecule has 0 saturated carbocycles. The van der Waals surface area contributed by atoms with E-state index in [0.29, 0.717) is 37.9 Å². The van der Waals surface area contributed by atoms with E-state index < -0.39 is 0 Å². The van der Waals surface area contributed by atoms with Crippen molar-refractivity contribution in [2.45, 2.75) is 13.5 Å². The van der Waals surface area contributed by atoms with Crippen molar-refractivity contribution in [3.63, 3.8) is 0 Å². The second kappa shape index (κ2) is 8.14. The molecule has 0 saturated heterocycles. The third-order valence-electron chi connectivity index (χ3n) is 2.58. The second-order valence-electron chi connectivity index (χ2n) is 4.33. The van der Waals surface area contributed by atoms with Gasteiger partial charge in [-0.2, -0.15) is 5.10 Å². The van der Waals surface area contributed by atoms with Crippen molar-refractivity contribution < 1.29 is 9.47 Å². The second-order valence-corrected chi connectivity index (χ2v) is 4.71. The molecule has 1 heterocycles. The number of nitrogens with zero attached hydrogens (tertiary/aromatic N) is 2. The van der Waals surface area contributed by atoms with E-state index in [4.69, 9.17) is 21.1 Å². The van der Waals surface area contributed by atoms with E-state index in [0.717, 1.165) is 0 Å². The van der Waals surface area contributed by atoms with Crippen LogP contribution in [0.15, 0.2) is 11.0 Å². The smallest absolute Gasteiger partial charge is 0.287 e. The Kier molecular flexibility index (Phi) is 6.83. The molecule has 1 aromatic rings. The van der Waals surface area contributed by atoms with Gasteiger partial charge in [0.1, 0.15) is 5.02 Å². The monoisotopic (exact) mass is 289 g/mol. The van der Waals surface area contributed by atoms with Gasteiger partial charge in [-0.3, -0.25) is 4.79 Å². The van der Waals surface area contributed by atoms with Crippen LogP contribution < -0.4 is 10.9 Å². The van der Waals surface area contributed by atoms with Gasteiger partial charge in [-0.1, -0.05) is 18.5 Å². The van der Waals surface area contributed by atoms with Crippen molar-refractivity contribution in [3.05, 3.63) is 21.6 Å². The SMILES string of the molecule is COCCn1ncc(NCC(C)COC)c(Cl)c1=O. The van der Waals surface area contributed by atoms with Gasteiger partial charge in [-0.15, -0.1) is 0 Å². The van der Waals surface area contributed by atoms with Gasteiger partial charge in [0.25, 0.3) is 5.56 Å². The first-order valence-corrected chi connectivity index (χ1v) is 6.45. The summed E-state index contributed by atoms with van der Waals surface area (Å²) in [6, 6.07) is 0. The molecule has 7 heteroatoms. The van der Waals surface area contributed by atoms with Crippen molar-refractivity contribution in [2.75, 3.05) is 39.3 Å². The molecular weight excluding hydrogens is 270 g/mol. The minimum absolute atomic E-state index is 0.149. The van der Waals surface area contributed by atoms with E-state index >= 15 is 0 Å². The zero-order valence-electron chi connectivity index (χ0n) is 11.5. The molecule has 6 nitrogen and oxygen atoms in total. The van der Waals surface area contributed by atoms with Crippen LogP contribution in [0.4, 0.5) is 5.69 Å². The molecule has 0 bridgehead atoms. The summed E-state index contributed by atoms with van der Waals surface area (Å²) in [6.07, 6.45) is 1.55. The lowest BCUT2D eigenvalue weighted by molar-refractivity contribution is 0.164. The van der Waals surface area contributed by atoms with Crippen LogP contribution >= 0.6 is 11.6 Å². The van der Waals surface area contributed by atoms with Crippen molar-refractivity contribution >= 4 is 17.3 Å². The zero-order valence-corrected chi connectivity index (χ0v) is 12.2. The largest absolute Gasteiger partial charge is 0.384 e. The van der Waals surface area contributed by atoms with Gasteiger partial charge < -0.3 is 14.8 Å². The lowest BCUT2D eigenvalue weighted by Gasteiger charge is -2.14. The van der Waals surface area contributed by atoms with E-state index in [1.165, 1.54) is 4.68 Å². The van der Waals surface area contributed by atoms with Crippen LogP contribution in [0.2, 0.25) is 5.02 Å². The maximum Gasteiger partial charge on any atom is 0.287 e. The Morgan fingerprint density at radius 1 is 1.47 bits per heavy atom. The number of ether oxygens (including phenoxy) is 2. The molecule has 0 aliphatic rings. The van der Waals surface area contributed by atoms with Crippen molar-refractivity contribution in [1.29, 1.82) is 0 Å². The molecule has 0 amide bonds. The fourth-order valence-corrected chi connectivity index (χ4v) is 1.77. The summed E-state index contributed by atoms with van der Waals surface area (Å²) in [7, 11) is 3.22. The van der Waals surface area contributed by atoms with Gasteiger partial charge in [0.15, 0.2) is 0 Å². The summed E-state index contributed by atoms with van der Waals surface area (Å²) >= 11 is 6.03. The molecule has 1 atom stereocenters. The molecule has 19 heavy (non-hydrogen) atoms. The van der Waals surface area contributed by atoms with Crippen LogP contribution in [0.3, 0.4) is 0 Å². The quantitative estimate of drug-likeness (QED) is 0.780. The molecule has 1 N–H and O–H groups in total. The van der Waals surface area contributed by atoms with Gasteiger partial charge in [0.05, 0.1) is 31.6 Å². The zero-order chi connectivity index (χ0) is 14.3.